The predicted molar refractivity (Wildman–Crippen MR) is 104 cm³/mol. The van der Waals surface area contributed by atoms with E-state index in [4.69, 9.17) is 15.2 Å². The SMILES string of the molecule is CC(C)(C)OC(=O)[C@@H](Cc1ccc(N)cc1)NC(=O)OCc1ccccc1. The van der Waals surface area contributed by atoms with Gasteiger partial charge >= 0.3 is 12.1 Å². The van der Waals surface area contributed by atoms with Gasteiger partial charge in [-0.1, -0.05) is 42.5 Å². The van der Waals surface area contributed by atoms with Gasteiger partial charge in [-0.25, -0.2) is 9.59 Å². The van der Waals surface area contributed by atoms with Crippen LogP contribution < -0.4 is 11.1 Å². The summed E-state index contributed by atoms with van der Waals surface area (Å²) in [5.41, 5.74) is 7.37. The lowest BCUT2D eigenvalue weighted by atomic mass is 10.1. The Labute approximate surface area is 159 Å². The molecule has 144 valence electrons. The molecule has 2 aromatic carbocycles. The summed E-state index contributed by atoms with van der Waals surface area (Å²) < 4.78 is 10.6. The number of nitrogen functional groups attached to an aromatic ring is 1. The van der Waals surface area contributed by atoms with Crippen molar-refractivity contribution >= 4 is 17.7 Å². The third-order valence-electron chi connectivity index (χ3n) is 3.62. The van der Waals surface area contributed by atoms with Crippen LogP contribution in [0.25, 0.3) is 0 Å². The maximum atomic E-state index is 12.5. The van der Waals surface area contributed by atoms with Gasteiger partial charge < -0.3 is 20.5 Å². The summed E-state index contributed by atoms with van der Waals surface area (Å²) in [5, 5.41) is 2.61. The van der Waals surface area contributed by atoms with E-state index in [1.165, 1.54) is 0 Å². The van der Waals surface area contributed by atoms with Crippen LogP contribution in [0.1, 0.15) is 31.9 Å². The van der Waals surface area contributed by atoms with Crippen molar-refractivity contribution in [3.05, 3.63) is 65.7 Å². The molecule has 0 bridgehead atoms. The molecule has 0 spiro atoms. The molecule has 6 nitrogen and oxygen atoms in total. The maximum Gasteiger partial charge on any atom is 0.408 e. The summed E-state index contributed by atoms with van der Waals surface area (Å²) in [5.74, 6) is -0.518. The van der Waals surface area contributed by atoms with E-state index in [0.29, 0.717) is 5.69 Å². The van der Waals surface area contributed by atoms with Gasteiger partial charge in [-0.05, 0) is 44.0 Å². The van der Waals surface area contributed by atoms with Crippen molar-refractivity contribution in [2.75, 3.05) is 5.73 Å². The third-order valence-corrected chi connectivity index (χ3v) is 3.62. The molecule has 1 amide bonds. The van der Waals surface area contributed by atoms with E-state index < -0.39 is 23.7 Å². The zero-order chi connectivity index (χ0) is 19.9. The number of hydrogen-bond donors (Lipinski definition) is 2. The van der Waals surface area contributed by atoms with E-state index in [1.807, 2.05) is 42.5 Å². The molecule has 0 saturated heterocycles. The Hall–Kier alpha value is -3.02. The van der Waals surface area contributed by atoms with Crippen LogP contribution in [-0.4, -0.2) is 23.7 Å². The minimum absolute atomic E-state index is 0.121. The summed E-state index contributed by atoms with van der Waals surface area (Å²) >= 11 is 0. The average molecular weight is 370 g/mol. The number of carbonyl (C=O) groups excluding carboxylic acids is 2. The topological polar surface area (TPSA) is 90.6 Å². The molecule has 6 heteroatoms. The summed E-state index contributed by atoms with van der Waals surface area (Å²) in [4.78, 5) is 24.7. The average Bonchev–Trinajstić information content (AvgIpc) is 2.60. The molecule has 0 radical (unpaired) electrons. The van der Waals surface area contributed by atoms with Crippen LogP contribution in [-0.2, 0) is 27.3 Å². The summed E-state index contributed by atoms with van der Waals surface area (Å²) in [6.07, 6.45) is -0.402. The molecule has 0 fully saturated rings. The van der Waals surface area contributed by atoms with Crippen LogP contribution in [0.15, 0.2) is 54.6 Å². The van der Waals surface area contributed by atoms with E-state index >= 15 is 0 Å². The fraction of sp³-hybridized carbons (Fsp3) is 0.333. The molecule has 1 atom stereocenters. The molecule has 27 heavy (non-hydrogen) atoms. The van der Waals surface area contributed by atoms with Gasteiger partial charge in [0.05, 0.1) is 0 Å². The number of rotatable bonds is 6. The fourth-order valence-electron chi connectivity index (χ4n) is 2.36. The summed E-state index contributed by atoms with van der Waals surface area (Å²) in [6, 6.07) is 15.6. The maximum absolute atomic E-state index is 12.5. The van der Waals surface area contributed by atoms with Crippen LogP contribution in [0.5, 0.6) is 0 Å². The van der Waals surface area contributed by atoms with Crippen LogP contribution in [0, 0.1) is 0 Å². The molecule has 0 aromatic heterocycles. The molecule has 0 aliphatic carbocycles. The van der Waals surface area contributed by atoms with Crippen molar-refractivity contribution in [2.45, 2.75) is 45.4 Å². The molecule has 0 aliphatic rings. The Morgan fingerprint density at radius 1 is 1.00 bits per heavy atom. The van der Waals surface area contributed by atoms with Crippen LogP contribution in [0.4, 0.5) is 10.5 Å². The van der Waals surface area contributed by atoms with Gasteiger partial charge in [0.15, 0.2) is 0 Å². The number of hydrogen-bond acceptors (Lipinski definition) is 5. The second-order valence-corrected chi connectivity index (χ2v) is 7.24. The third kappa shape index (κ3) is 7.40. The number of anilines is 1. The van der Waals surface area contributed by atoms with Gasteiger partial charge in [-0.15, -0.1) is 0 Å². The molecular weight excluding hydrogens is 344 g/mol. The number of amides is 1. The minimum atomic E-state index is -0.865. The lowest BCUT2D eigenvalue weighted by molar-refractivity contribution is -0.157. The van der Waals surface area contributed by atoms with E-state index in [0.717, 1.165) is 11.1 Å². The normalized spacial score (nSPS) is 12.1. The molecule has 0 saturated carbocycles. The van der Waals surface area contributed by atoms with Crippen LogP contribution in [0.2, 0.25) is 0 Å². The zero-order valence-corrected chi connectivity index (χ0v) is 15.9. The number of nitrogens with one attached hydrogen (secondary N) is 1. The van der Waals surface area contributed by atoms with Gasteiger partial charge in [0.2, 0.25) is 0 Å². The number of ether oxygens (including phenoxy) is 2. The standard InChI is InChI=1S/C21H26N2O4/c1-21(2,3)27-19(24)18(13-15-9-11-17(22)12-10-15)23-20(25)26-14-16-7-5-4-6-8-16/h4-12,18H,13-14,22H2,1-3H3,(H,23,25)/t18-/m1/s1. The lowest BCUT2D eigenvalue weighted by Crippen LogP contribution is -2.45. The lowest BCUT2D eigenvalue weighted by Gasteiger charge is -2.24. The summed E-state index contributed by atoms with van der Waals surface area (Å²) in [6.45, 7) is 5.45. The van der Waals surface area contributed by atoms with E-state index in [9.17, 15) is 9.59 Å². The van der Waals surface area contributed by atoms with Crippen molar-refractivity contribution in [1.82, 2.24) is 5.32 Å². The monoisotopic (exact) mass is 370 g/mol. The largest absolute Gasteiger partial charge is 0.458 e. The second kappa shape index (κ2) is 9.07. The predicted octanol–water partition coefficient (Wildman–Crippen LogP) is 3.45. The van der Waals surface area contributed by atoms with Crippen molar-refractivity contribution in [3.63, 3.8) is 0 Å². The first kappa shape index (κ1) is 20.3. The molecule has 0 aliphatic heterocycles. The highest BCUT2D eigenvalue weighted by Crippen LogP contribution is 2.13. The van der Waals surface area contributed by atoms with E-state index in [1.54, 1.807) is 32.9 Å². The minimum Gasteiger partial charge on any atom is -0.458 e. The molecule has 0 unspecified atom stereocenters. The zero-order valence-electron chi connectivity index (χ0n) is 15.9. The number of carbonyl (C=O) groups is 2. The Balaban J connectivity index is 2.02. The Morgan fingerprint density at radius 2 is 1.63 bits per heavy atom. The van der Waals surface area contributed by atoms with Crippen LogP contribution >= 0.6 is 0 Å². The number of nitrogens with two attached hydrogens (primary N) is 1. The van der Waals surface area contributed by atoms with Gasteiger partial charge in [0, 0.05) is 12.1 Å². The van der Waals surface area contributed by atoms with E-state index in [-0.39, 0.29) is 13.0 Å². The quantitative estimate of drug-likeness (QED) is 0.600. The van der Waals surface area contributed by atoms with Crippen molar-refractivity contribution in [2.24, 2.45) is 0 Å². The van der Waals surface area contributed by atoms with Gasteiger partial charge in [-0.3, -0.25) is 0 Å². The second-order valence-electron chi connectivity index (χ2n) is 7.24. The number of esters is 1. The smallest absolute Gasteiger partial charge is 0.408 e. The molecular formula is C21H26N2O4. The summed E-state index contributed by atoms with van der Waals surface area (Å²) in [7, 11) is 0. The van der Waals surface area contributed by atoms with Gasteiger partial charge in [0.25, 0.3) is 0 Å². The van der Waals surface area contributed by atoms with Crippen LogP contribution in [0.3, 0.4) is 0 Å². The van der Waals surface area contributed by atoms with Gasteiger partial charge in [-0.2, -0.15) is 0 Å². The first-order valence-corrected chi connectivity index (χ1v) is 8.77. The Kier molecular flexibility index (Phi) is 6.82. The van der Waals surface area contributed by atoms with E-state index in [2.05, 4.69) is 5.32 Å². The molecule has 0 heterocycles. The number of alkyl carbamates (subject to hydrolysis) is 1. The number of benzene rings is 2. The van der Waals surface area contributed by atoms with Crippen molar-refractivity contribution in [3.8, 4) is 0 Å². The highest BCUT2D eigenvalue weighted by molar-refractivity contribution is 5.82. The first-order valence-electron chi connectivity index (χ1n) is 8.77. The fourth-order valence-corrected chi connectivity index (χ4v) is 2.36. The highest BCUT2D eigenvalue weighted by Gasteiger charge is 2.27. The molecule has 2 rings (SSSR count). The molecule has 2 aromatic rings. The Morgan fingerprint density at radius 3 is 2.22 bits per heavy atom. The molecule has 3 N–H and O–H groups in total. The Bertz CT molecular complexity index is 752. The first-order chi connectivity index (χ1) is 12.7. The van der Waals surface area contributed by atoms with Crippen molar-refractivity contribution < 1.29 is 19.1 Å². The highest BCUT2D eigenvalue weighted by atomic mass is 16.6. The van der Waals surface area contributed by atoms with Crippen molar-refractivity contribution in [1.29, 1.82) is 0 Å². The van der Waals surface area contributed by atoms with Gasteiger partial charge in [0.1, 0.15) is 18.2 Å².